The molecule has 0 amide bonds. The van der Waals surface area contributed by atoms with Crippen molar-refractivity contribution in [3.05, 3.63) is 65.6 Å². The van der Waals surface area contributed by atoms with Crippen molar-refractivity contribution in [1.82, 2.24) is 24.6 Å². The highest BCUT2D eigenvalue weighted by Gasteiger charge is 2.20. The lowest BCUT2D eigenvalue weighted by molar-refractivity contribution is 0.436. The van der Waals surface area contributed by atoms with Gasteiger partial charge in [0.15, 0.2) is 5.65 Å². The number of benzene rings is 2. The summed E-state index contributed by atoms with van der Waals surface area (Å²) in [5.74, 6) is 2.64. The highest BCUT2D eigenvalue weighted by atomic mass is 35.5. The number of hydrogen-bond acceptors (Lipinski definition) is 5. The smallest absolute Gasteiger partial charge is 0.157 e. The fourth-order valence-electron chi connectivity index (χ4n) is 4.62. The summed E-state index contributed by atoms with van der Waals surface area (Å²) < 4.78 is 2.11. The van der Waals surface area contributed by atoms with Gasteiger partial charge in [-0.2, -0.15) is 5.10 Å². The van der Waals surface area contributed by atoms with Crippen LogP contribution in [-0.4, -0.2) is 37.7 Å². The van der Waals surface area contributed by atoms with Crippen molar-refractivity contribution < 1.29 is 0 Å². The van der Waals surface area contributed by atoms with E-state index in [1.807, 2.05) is 43.5 Å². The third-order valence-corrected chi connectivity index (χ3v) is 6.98. The van der Waals surface area contributed by atoms with E-state index in [-0.39, 0.29) is 0 Å². The van der Waals surface area contributed by atoms with E-state index in [0.717, 1.165) is 69.8 Å². The minimum absolute atomic E-state index is 0.704. The largest absolute Gasteiger partial charge is 0.355 e. The van der Waals surface area contributed by atoms with Crippen LogP contribution in [0.15, 0.2) is 54.9 Å². The van der Waals surface area contributed by atoms with Gasteiger partial charge < -0.3 is 10.2 Å². The Balaban J connectivity index is 1.49. The van der Waals surface area contributed by atoms with Crippen LogP contribution in [0.25, 0.3) is 27.8 Å². The third-order valence-electron chi connectivity index (χ3n) is 6.73. The zero-order chi connectivity index (χ0) is 23.2. The van der Waals surface area contributed by atoms with Crippen molar-refractivity contribution in [2.45, 2.75) is 26.7 Å². The molecular weight excluding hydrogens is 446 g/mol. The standard InChI is InChI=1S/C26H26ClN7/c1-16-9-11-33(12-10-16)24-15-34-23(14-28-24)30-25(26(34)29-20-6-4-19(27)5-7-20)18-3-8-22-21(13-18)17(2)31-32-22/h3-8,13-16,29H,9-12H2,1-2H3,(H,31,32). The number of nitrogens with zero attached hydrogens (tertiary/aromatic N) is 5. The van der Waals surface area contributed by atoms with Gasteiger partial charge in [0.2, 0.25) is 0 Å². The van der Waals surface area contributed by atoms with Gasteiger partial charge in [-0.3, -0.25) is 9.50 Å². The predicted octanol–water partition coefficient (Wildman–Crippen LogP) is 6.21. The molecule has 8 heteroatoms. The number of hydrogen-bond donors (Lipinski definition) is 2. The summed E-state index contributed by atoms with van der Waals surface area (Å²) in [5.41, 5.74) is 5.61. The predicted molar refractivity (Wildman–Crippen MR) is 138 cm³/mol. The second kappa shape index (κ2) is 8.33. The van der Waals surface area contributed by atoms with Gasteiger partial charge in [0.05, 0.1) is 17.9 Å². The van der Waals surface area contributed by atoms with Crippen LogP contribution >= 0.6 is 11.6 Å². The average molecular weight is 472 g/mol. The number of aromatic nitrogens is 5. The topological polar surface area (TPSA) is 74.1 Å². The quantitative estimate of drug-likeness (QED) is 0.325. The fraction of sp³-hybridized carbons (Fsp3) is 0.269. The normalized spacial score (nSPS) is 14.9. The maximum absolute atomic E-state index is 6.12. The number of aromatic amines is 1. The molecule has 2 aromatic carbocycles. The number of piperidine rings is 1. The zero-order valence-electron chi connectivity index (χ0n) is 19.2. The number of anilines is 3. The molecule has 1 saturated heterocycles. The summed E-state index contributed by atoms with van der Waals surface area (Å²) in [5, 5.41) is 12.8. The summed E-state index contributed by atoms with van der Waals surface area (Å²) in [6.07, 6.45) is 6.34. The van der Waals surface area contributed by atoms with Gasteiger partial charge in [-0.25, -0.2) is 9.97 Å². The van der Waals surface area contributed by atoms with Crippen LogP contribution in [0, 0.1) is 12.8 Å². The molecular formula is C26H26ClN7. The molecule has 1 aliphatic heterocycles. The first-order valence-electron chi connectivity index (χ1n) is 11.7. The van der Waals surface area contributed by atoms with Gasteiger partial charge in [-0.1, -0.05) is 24.6 Å². The van der Waals surface area contributed by atoms with Crippen molar-refractivity contribution in [2.75, 3.05) is 23.3 Å². The van der Waals surface area contributed by atoms with Crippen LogP contribution in [-0.2, 0) is 0 Å². The minimum atomic E-state index is 0.704. The summed E-state index contributed by atoms with van der Waals surface area (Å²) in [6.45, 7) is 6.41. The van der Waals surface area contributed by atoms with E-state index in [1.54, 1.807) is 0 Å². The Kier molecular flexibility index (Phi) is 5.14. The number of H-pyrrole nitrogens is 1. The second-order valence-corrected chi connectivity index (χ2v) is 9.60. The molecule has 1 aliphatic rings. The number of halogens is 1. The molecule has 7 nitrogen and oxygen atoms in total. The van der Waals surface area contributed by atoms with E-state index in [0.29, 0.717) is 5.02 Å². The van der Waals surface area contributed by atoms with Gasteiger partial charge in [-0.15, -0.1) is 0 Å². The molecule has 0 aliphatic carbocycles. The van der Waals surface area contributed by atoms with Gasteiger partial charge in [0.1, 0.15) is 17.3 Å². The average Bonchev–Trinajstić information content (AvgIpc) is 3.41. The number of imidazole rings is 1. The molecule has 172 valence electrons. The van der Waals surface area contributed by atoms with Crippen LogP contribution in [0.5, 0.6) is 0 Å². The molecule has 5 aromatic rings. The first-order valence-corrected chi connectivity index (χ1v) is 12.0. The molecule has 0 saturated carbocycles. The molecule has 3 aromatic heterocycles. The Hall–Kier alpha value is -3.58. The number of rotatable bonds is 4. The number of fused-ring (bicyclic) bond motifs is 2. The Morgan fingerprint density at radius 3 is 2.68 bits per heavy atom. The van der Waals surface area contributed by atoms with E-state index in [9.17, 15) is 0 Å². The number of nitrogens with one attached hydrogen (secondary N) is 2. The van der Waals surface area contributed by atoms with Crippen LogP contribution < -0.4 is 10.2 Å². The monoisotopic (exact) mass is 471 g/mol. The third kappa shape index (κ3) is 3.76. The minimum Gasteiger partial charge on any atom is -0.355 e. The number of aryl methyl sites for hydroxylation is 1. The molecule has 0 spiro atoms. The molecule has 1 fully saturated rings. The lowest BCUT2D eigenvalue weighted by atomic mass is 9.99. The molecule has 4 heterocycles. The maximum atomic E-state index is 6.12. The van der Waals surface area contributed by atoms with Gasteiger partial charge in [0.25, 0.3) is 0 Å². The second-order valence-electron chi connectivity index (χ2n) is 9.16. The van der Waals surface area contributed by atoms with E-state index in [2.05, 4.69) is 50.1 Å². The molecule has 0 atom stereocenters. The lowest BCUT2D eigenvalue weighted by Gasteiger charge is -2.31. The molecule has 0 bridgehead atoms. The Labute approximate surface area is 202 Å². The summed E-state index contributed by atoms with van der Waals surface area (Å²) >= 11 is 6.12. The maximum Gasteiger partial charge on any atom is 0.157 e. The van der Waals surface area contributed by atoms with Gasteiger partial charge in [-0.05, 0) is 62.1 Å². The Morgan fingerprint density at radius 2 is 1.88 bits per heavy atom. The highest BCUT2D eigenvalue weighted by Crippen LogP contribution is 2.34. The summed E-state index contributed by atoms with van der Waals surface area (Å²) in [4.78, 5) is 12.1. The Morgan fingerprint density at radius 1 is 1.09 bits per heavy atom. The SMILES string of the molecule is Cc1[nH]nc2ccc(-c3nc4cnc(N5CCC(C)CC5)cn4c3Nc3ccc(Cl)cc3)cc12. The first kappa shape index (κ1) is 21.0. The van der Waals surface area contributed by atoms with E-state index in [1.165, 1.54) is 12.8 Å². The zero-order valence-corrected chi connectivity index (χ0v) is 20.0. The van der Waals surface area contributed by atoms with Crippen molar-refractivity contribution in [2.24, 2.45) is 5.92 Å². The van der Waals surface area contributed by atoms with E-state index >= 15 is 0 Å². The van der Waals surface area contributed by atoms with Gasteiger partial charge in [0, 0.05) is 40.4 Å². The molecule has 6 rings (SSSR count). The van der Waals surface area contributed by atoms with E-state index < -0.39 is 0 Å². The molecule has 2 N–H and O–H groups in total. The Bertz CT molecular complexity index is 1480. The van der Waals surface area contributed by atoms with Crippen molar-refractivity contribution in [3.63, 3.8) is 0 Å². The first-order chi connectivity index (χ1) is 16.5. The van der Waals surface area contributed by atoms with Crippen molar-refractivity contribution in [3.8, 4) is 11.3 Å². The summed E-state index contributed by atoms with van der Waals surface area (Å²) in [6, 6.07) is 14.0. The van der Waals surface area contributed by atoms with E-state index in [4.69, 9.17) is 21.6 Å². The van der Waals surface area contributed by atoms with Crippen molar-refractivity contribution in [1.29, 1.82) is 0 Å². The van der Waals surface area contributed by atoms with Crippen LogP contribution in [0.1, 0.15) is 25.5 Å². The fourth-order valence-corrected chi connectivity index (χ4v) is 4.75. The lowest BCUT2D eigenvalue weighted by Crippen LogP contribution is -2.33. The summed E-state index contributed by atoms with van der Waals surface area (Å²) in [7, 11) is 0. The van der Waals surface area contributed by atoms with Crippen LogP contribution in [0.2, 0.25) is 5.02 Å². The van der Waals surface area contributed by atoms with Crippen LogP contribution in [0.4, 0.5) is 17.3 Å². The van der Waals surface area contributed by atoms with Crippen molar-refractivity contribution >= 4 is 45.5 Å². The van der Waals surface area contributed by atoms with Crippen LogP contribution in [0.3, 0.4) is 0 Å². The van der Waals surface area contributed by atoms with Gasteiger partial charge >= 0.3 is 0 Å². The molecule has 0 radical (unpaired) electrons. The molecule has 0 unspecified atom stereocenters. The highest BCUT2D eigenvalue weighted by molar-refractivity contribution is 6.30. The molecule has 34 heavy (non-hydrogen) atoms.